The van der Waals surface area contributed by atoms with Crippen LogP contribution in [0.5, 0.6) is 0 Å². The molecule has 0 saturated carbocycles. The Kier molecular flexibility index (Phi) is 5.62. The van der Waals surface area contributed by atoms with Gasteiger partial charge in [-0.2, -0.15) is 0 Å². The summed E-state index contributed by atoms with van der Waals surface area (Å²) in [4.78, 5) is 0. The molecule has 0 nitrogen and oxygen atoms in total. The first-order chi connectivity index (χ1) is 19.8. The van der Waals surface area contributed by atoms with Gasteiger partial charge in [0.2, 0.25) is 0 Å². The van der Waals surface area contributed by atoms with Crippen LogP contribution in [-0.2, 0) is 0 Å². The third-order valence-corrected chi connectivity index (χ3v) is 10.0. The van der Waals surface area contributed by atoms with Crippen LogP contribution in [0, 0.1) is 0 Å². The van der Waals surface area contributed by atoms with Gasteiger partial charge in [0.25, 0.3) is 0 Å². The molecule has 0 bridgehead atoms. The van der Waals surface area contributed by atoms with Crippen LogP contribution in [0.2, 0.25) is 0 Å². The molecule has 6 aromatic carbocycles. The summed E-state index contributed by atoms with van der Waals surface area (Å²) in [7, 11) is 0. The monoisotopic (exact) mass is 544 g/mol. The maximum absolute atomic E-state index is 2.40. The first kappa shape index (κ1) is 23.4. The first-order valence-corrected chi connectivity index (χ1v) is 15.2. The second kappa shape index (κ2) is 9.60. The maximum atomic E-state index is 2.40. The van der Waals surface area contributed by atoms with Crippen LogP contribution in [-0.4, -0.2) is 0 Å². The molecule has 0 aliphatic rings. The summed E-state index contributed by atoms with van der Waals surface area (Å²) < 4.78 is 5.31. The van der Waals surface area contributed by atoms with Crippen molar-refractivity contribution in [2.75, 3.05) is 0 Å². The van der Waals surface area contributed by atoms with Crippen LogP contribution < -0.4 is 0 Å². The molecular formula is C38H24S2. The number of rotatable bonds is 4. The van der Waals surface area contributed by atoms with Gasteiger partial charge in [-0.25, -0.2) is 0 Å². The van der Waals surface area contributed by atoms with Gasteiger partial charge in [0.05, 0.1) is 0 Å². The fourth-order valence-corrected chi connectivity index (χ4v) is 8.06. The second-order valence-electron chi connectivity index (χ2n) is 10.1. The molecule has 0 fully saturated rings. The van der Waals surface area contributed by atoms with E-state index in [4.69, 9.17) is 0 Å². The zero-order valence-corrected chi connectivity index (χ0v) is 23.3. The molecular weight excluding hydrogens is 521 g/mol. The van der Waals surface area contributed by atoms with Crippen molar-refractivity contribution in [2.45, 2.75) is 0 Å². The maximum Gasteiger partial charge on any atom is 0.0355 e. The van der Waals surface area contributed by atoms with Crippen molar-refractivity contribution in [1.82, 2.24) is 0 Å². The average molecular weight is 545 g/mol. The SMILES string of the molecule is c1ccc(/C(=C(/c2ccccc2)c2ccc3sc4ccccc4c3c2)c2ccc3sc4ccccc4c3c2)cc1. The summed E-state index contributed by atoms with van der Waals surface area (Å²) >= 11 is 3.74. The average Bonchev–Trinajstić information content (AvgIpc) is 3.58. The third kappa shape index (κ3) is 3.88. The van der Waals surface area contributed by atoms with Gasteiger partial charge in [-0.05, 0) is 69.8 Å². The van der Waals surface area contributed by atoms with Gasteiger partial charge in [0.15, 0.2) is 0 Å². The fourth-order valence-electron chi connectivity index (χ4n) is 5.88. The topological polar surface area (TPSA) is 0 Å². The van der Waals surface area contributed by atoms with E-state index in [9.17, 15) is 0 Å². The number of hydrogen-bond acceptors (Lipinski definition) is 2. The molecule has 0 amide bonds. The summed E-state index contributed by atoms with van der Waals surface area (Å²) in [5.74, 6) is 0. The number of hydrogen-bond donors (Lipinski definition) is 0. The lowest BCUT2D eigenvalue weighted by molar-refractivity contribution is 1.52. The molecule has 2 heteroatoms. The predicted molar refractivity (Wildman–Crippen MR) is 177 cm³/mol. The molecule has 0 aliphatic carbocycles. The lowest BCUT2D eigenvalue weighted by atomic mass is 9.85. The van der Waals surface area contributed by atoms with Gasteiger partial charge in [0, 0.05) is 40.3 Å². The van der Waals surface area contributed by atoms with Crippen LogP contribution in [0.3, 0.4) is 0 Å². The van der Waals surface area contributed by atoms with Crippen molar-refractivity contribution < 1.29 is 0 Å². The highest BCUT2D eigenvalue weighted by atomic mass is 32.1. The fraction of sp³-hybridized carbons (Fsp3) is 0. The Balaban J connectivity index is 1.48. The van der Waals surface area contributed by atoms with Gasteiger partial charge >= 0.3 is 0 Å². The second-order valence-corrected chi connectivity index (χ2v) is 12.3. The van der Waals surface area contributed by atoms with E-state index < -0.39 is 0 Å². The van der Waals surface area contributed by atoms with Gasteiger partial charge in [0.1, 0.15) is 0 Å². The van der Waals surface area contributed by atoms with E-state index in [-0.39, 0.29) is 0 Å². The molecule has 0 radical (unpaired) electrons. The lowest BCUT2D eigenvalue weighted by Gasteiger charge is -2.18. The molecule has 2 heterocycles. The van der Waals surface area contributed by atoms with Gasteiger partial charge in [-0.3, -0.25) is 0 Å². The molecule has 188 valence electrons. The molecule has 0 saturated heterocycles. The normalized spacial score (nSPS) is 12.4. The summed E-state index contributed by atoms with van der Waals surface area (Å²) in [5, 5.41) is 5.28. The Morgan fingerprint density at radius 1 is 0.300 bits per heavy atom. The van der Waals surface area contributed by atoms with Crippen LogP contribution in [0.15, 0.2) is 146 Å². The van der Waals surface area contributed by atoms with Crippen molar-refractivity contribution in [2.24, 2.45) is 0 Å². The van der Waals surface area contributed by atoms with E-state index >= 15 is 0 Å². The molecule has 2 aromatic heterocycles. The minimum atomic E-state index is 1.22. The standard InChI is InChI=1S/C38H24S2/c1-3-11-25(12-4-1)37(27-19-21-35-31(23-27)29-15-7-9-17-33(29)39-35)38(26-13-5-2-6-14-26)28-20-22-36-32(24-28)30-16-8-10-18-34(30)40-36/h1-24H/b38-37+. The summed E-state index contributed by atoms with van der Waals surface area (Å²) in [6.45, 7) is 0. The Morgan fingerprint density at radius 3 is 1.12 bits per heavy atom. The zero-order chi connectivity index (χ0) is 26.5. The zero-order valence-electron chi connectivity index (χ0n) is 21.7. The lowest BCUT2D eigenvalue weighted by Crippen LogP contribution is -1.97. The minimum Gasteiger partial charge on any atom is -0.135 e. The largest absolute Gasteiger partial charge is 0.135 e. The highest BCUT2D eigenvalue weighted by Crippen LogP contribution is 2.42. The highest BCUT2D eigenvalue weighted by molar-refractivity contribution is 7.26. The van der Waals surface area contributed by atoms with Gasteiger partial charge in [-0.15, -0.1) is 22.7 Å². The number of fused-ring (bicyclic) bond motifs is 6. The molecule has 40 heavy (non-hydrogen) atoms. The number of benzene rings is 6. The van der Waals surface area contributed by atoms with Crippen molar-refractivity contribution in [1.29, 1.82) is 0 Å². The van der Waals surface area contributed by atoms with E-state index in [1.165, 1.54) is 73.7 Å². The smallest absolute Gasteiger partial charge is 0.0355 e. The Labute approximate surface area is 241 Å². The summed E-state index contributed by atoms with van der Waals surface area (Å²) in [5.41, 5.74) is 7.41. The predicted octanol–water partition coefficient (Wildman–Crippen LogP) is 11.4. The van der Waals surface area contributed by atoms with Gasteiger partial charge < -0.3 is 0 Å². The van der Waals surface area contributed by atoms with Crippen LogP contribution in [0.25, 0.3) is 51.5 Å². The van der Waals surface area contributed by atoms with Crippen molar-refractivity contribution in [3.8, 4) is 0 Å². The Hall–Kier alpha value is -4.50. The van der Waals surface area contributed by atoms with E-state index in [2.05, 4.69) is 146 Å². The van der Waals surface area contributed by atoms with Crippen molar-refractivity contribution in [3.63, 3.8) is 0 Å². The van der Waals surface area contributed by atoms with Crippen LogP contribution >= 0.6 is 22.7 Å². The van der Waals surface area contributed by atoms with E-state index in [1.54, 1.807) is 0 Å². The minimum absolute atomic E-state index is 1.22. The van der Waals surface area contributed by atoms with Crippen LogP contribution in [0.1, 0.15) is 22.3 Å². The molecule has 0 atom stereocenters. The molecule has 0 unspecified atom stereocenters. The number of thiophene rings is 2. The van der Waals surface area contributed by atoms with Crippen molar-refractivity contribution in [3.05, 3.63) is 168 Å². The van der Waals surface area contributed by atoms with Crippen LogP contribution in [0.4, 0.5) is 0 Å². The molecule has 0 N–H and O–H groups in total. The summed E-state index contributed by atoms with van der Waals surface area (Å²) in [6.07, 6.45) is 0. The molecule has 0 aliphatic heterocycles. The summed E-state index contributed by atoms with van der Waals surface area (Å²) in [6, 6.07) is 53.3. The third-order valence-electron chi connectivity index (χ3n) is 7.71. The molecule has 8 aromatic rings. The van der Waals surface area contributed by atoms with E-state index in [1.807, 2.05) is 22.7 Å². The Bertz CT molecular complexity index is 2040. The Morgan fingerprint density at radius 2 is 0.675 bits per heavy atom. The first-order valence-electron chi connectivity index (χ1n) is 13.5. The molecule has 0 spiro atoms. The molecule has 8 rings (SSSR count). The van der Waals surface area contributed by atoms with Gasteiger partial charge in [-0.1, -0.05) is 109 Å². The van der Waals surface area contributed by atoms with Crippen molar-refractivity contribution >= 4 is 74.2 Å². The van der Waals surface area contributed by atoms with E-state index in [0.717, 1.165) is 0 Å². The van der Waals surface area contributed by atoms with E-state index in [0.29, 0.717) is 0 Å². The quantitative estimate of drug-likeness (QED) is 0.193. The highest BCUT2D eigenvalue weighted by Gasteiger charge is 2.18.